The number of ether oxygens (including phenoxy) is 6. The molecule has 1 aliphatic heterocycles. The average molecular weight is 673 g/mol. The summed E-state index contributed by atoms with van der Waals surface area (Å²) >= 11 is 6.83. The Morgan fingerprint density at radius 3 is 1.94 bits per heavy atom. The van der Waals surface area contributed by atoms with Crippen molar-refractivity contribution in [1.29, 1.82) is 0 Å². The van der Waals surface area contributed by atoms with E-state index < -0.39 is 0 Å². The van der Waals surface area contributed by atoms with Gasteiger partial charge in [-0.25, -0.2) is 0 Å². The maximum Gasteiger partial charge on any atom is 0.117 e. The number of hydrogen-bond acceptors (Lipinski definition) is 6. The largest absolute Gasteiger partial charge is 0.379 e. The third-order valence-corrected chi connectivity index (χ3v) is 8.94. The van der Waals surface area contributed by atoms with Crippen LogP contribution in [0.3, 0.4) is 0 Å². The summed E-state index contributed by atoms with van der Waals surface area (Å²) in [7, 11) is 0. The predicted octanol–water partition coefficient (Wildman–Crippen LogP) is 9.49. The monoisotopic (exact) mass is 672 g/mol. The molecule has 0 bridgehead atoms. The van der Waals surface area contributed by atoms with Crippen molar-refractivity contribution in [3.05, 3.63) is 82.4 Å². The predicted molar refractivity (Wildman–Crippen MR) is 193 cm³/mol. The Morgan fingerprint density at radius 2 is 1.30 bits per heavy atom. The van der Waals surface area contributed by atoms with Gasteiger partial charge in [-0.3, -0.25) is 0 Å². The molecule has 2 aromatic carbocycles. The minimum absolute atomic E-state index is 0.282. The zero-order chi connectivity index (χ0) is 33.7. The third kappa shape index (κ3) is 13.6. The Kier molecular flexibility index (Phi) is 19.9. The number of hydrogen-bond donors (Lipinski definition) is 0. The lowest BCUT2D eigenvalue weighted by Gasteiger charge is -2.46. The van der Waals surface area contributed by atoms with Crippen LogP contribution in [0.5, 0.6) is 0 Å². The van der Waals surface area contributed by atoms with Crippen LogP contribution in [0, 0.1) is 0 Å². The highest BCUT2D eigenvalue weighted by atomic mass is 35.5. The maximum absolute atomic E-state index is 6.98. The fraction of sp³-hybridized carbons (Fsp3) is 0.650. The molecular formula is C40H61ClO6. The van der Waals surface area contributed by atoms with Gasteiger partial charge in [-0.2, -0.15) is 0 Å². The van der Waals surface area contributed by atoms with E-state index in [1.807, 2.05) is 6.07 Å². The molecule has 0 amide bonds. The lowest BCUT2D eigenvalue weighted by atomic mass is 9.89. The van der Waals surface area contributed by atoms with Crippen LogP contribution in [-0.2, 0) is 41.3 Å². The third-order valence-electron chi connectivity index (χ3n) is 8.57. The lowest BCUT2D eigenvalue weighted by Crippen LogP contribution is -2.58. The standard InChI is InChI=1S/C40H61ClO6/c1-6-11-23-43-30-36-38(44-24-12-7-2)40(46-26-14-9-4)39(45-25-13-8-3)37(47-36)33-19-20-35(41)34(29-33)28-32-17-15-31(16-18-32)21-27-42-22-10-5/h10,15-20,29,36-40H,5-9,11-14,21-28,30H2,1-4H3/t36-,37+,38-,39+,40+/m1/s1. The van der Waals surface area contributed by atoms with Gasteiger partial charge in [0.1, 0.15) is 30.5 Å². The second kappa shape index (κ2) is 23.6. The summed E-state index contributed by atoms with van der Waals surface area (Å²) in [6.07, 6.45) is 10.1. The molecule has 3 rings (SSSR count). The summed E-state index contributed by atoms with van der Waals surface area (Å²) in [6, 6.07) is 15.0. The minimum Gasteiger partial charge on any atom is -0.379 e. The first-order chi connectivity index (χ1) is 23.1. The normalized spacial score (nSPS) is 21.3. The van der Waals surface area contributed by atoms with Crippen LogP contribution < -0.4 is 0 Å². The first kappa shape index (κ1) is 39.7. The number of unbranched alkanes of at least 4 members (excludes halogenated alkanes) is 4. The summed E-state index contributed by atoms with van der Waals surface area (Å²) in [5.41, 5.74) is 4.55. The highest BCUT2D eigenvalue weighted by Gasteiger charge is 2.48. The molecule has 7 heteroatoms. The Hall–Kier alpha value is -1.77. The molecule has 0 N–H and O–H groups in total. The van der Waals surface area contributed by atoms with Crippen molar-refractivity contribution < 1.29 is 28.4 Å². The van der Waals surface area contributed by atoms with Gasteiger partial charge in [0.2, 0.25) is 0 Å². The summed E-state index contributed by atoms with van der Waals surface area (Å²) in [6.45, 7) is 16.8. The minimum atomic E-state index is -0.349. The molecule has 47 heavy (non-hydrogen) atoms. The SMILES string of the molecule is C=CCOCCc1ccc(Cc2cc([C@@H]3O[C@H](COCCCC)[C@@H](OCCCC)[C@H](OCCCC)[C@H]3OCCCC)ccc2Cl)cc1. The van der Waals surface area contributed by atoms with Crippen molar-refractivity contribution in [2.45, 2.75) is 122 Å². The number of halogens is 1. The Bertz CT molecular complexity index is 1110. The fourth-order valence-electron chi connectivity index (χ4n) is 5.74. The highest BCUT2D eigenvalue weighted by molar-refractivity contribution is 6.31. The zero-order valence-electron chi connectivity index (χ0n) is 29.6. The van der Waals surface area contributed by atoms with E-state index >= 15 is 0 Å². The van der Waals surface area contributed by atoms with E-state index in [1.54, 1.807) is 6.08 Å². The zero-order valence-corrected chi connectivity index (χ0v) is 30.3. The van der Waals surface area contributed by atoms with Crippen LogP contribution in [0.1, 0.15) is 107 Å². The molecule has 2 aromatic rings. The fourth-order valence-corrected chi connectivity index (χ4v) is 5.92. The molecule has 0 saturated carbocycles. The van der Waals surface area contributed by atoms with Gasteiger partial charge in [-0.1, -0.05) is 107 Å². The molecule has 6 nitrogen and oxygen atoms in total. The molecule has 5 atom stereocenters. The van der Waals surface area contributed by atoms with Gasteiger partial charge in [0, 0.05) is 31.5 Å². The van der Waals surface area contributed by atoms with Gasteiger partial charge < -0.3 is 28.4 Å². The average Bonchev–Trinajstić information content (AvgIpc) is 3.08. The quantitative estimate of drug-likeness (QED) is 0.0774. The van der Waals surface area contributed by atoms with Gasteiger partial charge in [-0.05, 0) is 66.8 Å². The Balaban J connectivity index is 1.91. The van der Waals surface area contributed by atoms with E-state index in [-0.39, 0.29) is 30.5 Å². The number of benzene rings is 2. The van der Waals surface area contributed by atoms with Crippen LogP contribution >= 0.6 is 11.6 Å². The second-order valence-corrected chi connectivity index (χ2v) is 13.0. The van der Waals surface area contributed by atoms with Gasteiger partial charge >= 0.3 is 0 Å². The molecule has 1 saturated heterocycles. The maximum atomic E-state index is 6.98. The highest BCUT2D eigenvalue weighted by Crippen LogP contribution is 2.39. The van der Waals surface area contributed by atoms with Crippen LogP contribution in [-0.4, -0.2) is 70.7 Å². The second-order valence-electron chi connectivity index (χ2n) is 12.5. The molecule has 264 valence electrons. The van der Waals surface area contributed by atoms with Crippen molar-refractivity contribution in [2.24, 2.45) is 0 Å². The van der Waals surface area contributed by atoms with Crippen molar-refractivity contribution >= 4 is 11.6 Å². The van der Waals surface area contributed by atoms with Crippen LogP contribution in [0.25, 0.3) is 0 Å². The topological polar surface area (TPSA) is 55.4 Å². The van der Waals surface area contributed by atoms with Gasteiger partial charge in [0.15, 0.2) is 0 Å². The molecule has 0 aromatic heterocycles. The van der Waals surface area contributed by atoms with E-state index in [1.165, 1.54) is 11.1 Å². The molecule has 0 spiro atoms. The van der Waals surface area contributed by atoms with Crippen LogP contribution in [0.4, 0.5) is 0 Å². The summed E-state index contributed by atoms with van der Waals surface area (Å²) in [4.78, 5) is 0. The molecular weight excluding hydrogens is 612 g/mol. The van der Waals surface area contributed by atoms with Crippen LogP contribution in [0.15, 0.2) is 55.1 Å². The van der Waals surface area contributed by atoms with E-state index in [0.717, 1.165) is 80.4 Å². The Labute approximate surface area is 290 Å². The molecule has 0 unspecified atom stereocenters. The van der Waals surface area contributed by atoms with E-state index in [2.05, 4.69) is 70.7 Å². The molecule has 1 aliphatic rings. The molecule has 0 aliphatic carbocycles. The van der Waals surface area contributed by atoms with Crippen molar-refractivity contribution in [3.8, 4) is 0 Å². The van der Waals surface area contributed by atoms with Gasteiger partial charge in [0.25, 0.3) is 0 Å². The van der Waals surface area contributed by atoms with Gasteiger partial charge in [-0.15, -0.1) is 6.58 Å². The van der Waals surface area contributed by atoms with Crippen molar-refractivity contribution in [2.75, 3.05) is 46.2 Å². The first-order valence-electron chi connectivity index (χ1n) is 18.2. The molecule has 0 radical (unpaired) electrons. The van der Waals surface area contributed by atoms with E-state index in [9.17, 15) is 0 Å². The summed E-state index contributed by atoms with van der Waals surface area (Å²) in [5.74, 6) is 0. The van der Waals surface area contributed by atoms with Crippen LogP contribution in [0.2, 0.25) is 5.02 Å². The lowest BCUT2D eigenvalue weighted by molar-refractivity contribution is -0.268. The first-order valence-corrected chi connectivity index (χ1v) is 18.6. The van der Waals surface area contributed by atoms with Crippen molar-refractivity contribution in [1.82, 2.24) is 0 Å². The van der Waals surface area contributed by atoms with E-state index in [4.69, 9.17) is 40.0 Å². The Morgan fingerprint density at radius 1 is 0.702 bits per heavy atom. The summed E-state index contributed by atoms with van der Waals surface area (Å²) < 4.78 is 38.7. The van der Waals surface area contributed by atoms with Crippen molar-refractivity contribution in [3.63, 3.8) is 0 Å². The molecule has 1 fully saturated rings. The van der Waals surface area contributed by atoms with E-state index in [0.29, 0.717) is 46.2 Å². The van der Waals surface area contributed by atoms with Gasteiger partial charge in [0.05, 0.1) is 19.8 Å². The smallest absolute Gasteiger partial charge is 0.117 e. The number of rotatable bonds is 25. The molecule has 1 heterocycles. The summed E-state index contributed by atoms with van der Waals surface area (Å²) in [5, 5.41) is 0.742.